The monoisotopic (exact) mass is 242 g/mol. The Morgan fingerprint density at radius 1 is 1.06 bits per heavy atom. The topological polar surface area (TPSA) is 18.5 Å². The second kappa shape index (κ2) is 5.27. The van der Waals surface area contributed by atoms with Gasteiger partial charge in [0.15, 0.2) is 0 Å². The third-order valence-corrected chi connectivity index (χ3v) is 4.21. The molecule has 0 bridgehead atoms. The summed E-state index contributed by atoms with van der Waals surface area (Å²) in [5.41, 5.74) is 0.550. The summed E-state index contributed by atoms with van der Waals surface area (Å²) < 4.78 is 11.6. The van der Waals surface area contributed by atoms with Gasteiger partial charge in [0.1, 0.15) is 6.79 Å². The lowest BCUT2D eigenvalue weighted by Crippen LogP contribution is -2.44. The molecule has 0 saturated carbocycles. The van der Waals surface area contributed by atoms with E-state index in [-0.39, 0.29) is 5.41 Å². The average molecular weight is 242 g/mol. The van der Waals surface area contributed by atoms with E-state index in [1.54, 1.807) is 0 Å². The minimum absolute atomic E-state index is 0.222. The minimum atomic E-state index is 0.222. The van der Waals surface area contributed by atoms with Crippen molar-refractivity contribution in [3.05, 3.63) is 0 Å². The standard InChI is InChI=1S/C15H30O2/c1-11(2)15(6,7)13-8-12(16-10-17-13)9-14(3,4)5/h11-13H,8-10H2,1-7H3. The highest BCUT2D eigenvalue weighted by atomic mass is 16.7. The van der Waals surface area contributed by atoms with Crippen molar-refractivity contribution in [3.63, 3.8) is 0 Å². The molecule has 1 saturated heterocycles. The fourth-order valence-electron chi connectivity index (χ4n) is 2.31. The molecular weight excluding hydrogens is 212 g/mol. The van der Waals surface area contributed by atoms with E-state index in [0.717, 1.165) is 12.8 Å². The summed E-state index contributed by atoms with van der Waals surface area (Å²) in [5, 5.41) is 0. The summed E-state index contributed by atoms with van der Waals surface area (Å²) in [6.07, 6.45) is 2.82. The summed E-state index contributed by atoms with van der Waals surface area (Å²) in [6, 6.07) is 0. The van der Waals surface area contributed by atoms with E-state index in [1.807, 2.05) is 0 Å². The van der Waals surface area contributed by atoms with Gasteiger partial charge in [-0.05, 0) is 23.2 Å². The molecule has 2 unspecified atom stereocenters. The zero-order valence-corrected chi connectivity index (χ0v) is 12.7. The van der Waals surface area contributed by atoms with Crippen molar-refractivity contribution >= 4 is 0 Å². The highest BCUT2D eigenvalue weighted by Gasteiger charge is 2.38. The van der Waals surface area contributed by atoms with Gasteiger partial charge in [-0.15, -0.1) is 0 Å². The van der Waals surface area contributed by atoms with Crippen LogP contribution in [-0.2, 0) is 9.47 Å². The Hall–Kier alpha value is -0.0800. The molecular formula is C15H30O2. The van der Waals surface area contributed by atoms with Crippen LogP contribution in [0, 0.1) is 16.7 Å². The first-order valence-electron chi connectivity index (χ1n) is 6.86. The van der Waals surface area contributed by atoms with E-state index in [0.29, 0.717) is 30.3 Å². The van der Waals surface area contributed by atoms with Crippen LogP contribution in [0.2, 0.25) is 0 Å². The zero-order chi connectivity index (χ0) is 13.3. The zero-order valence-electron chi connectivity index (χ0n) is 12.7. The molecule has 102 valence electrons. The molecule has 1 aliphatic rings. The van der Waals surface area contributed by atoms with Gasteiger partial charge in [-0.2, -0.15) is 0 Å². The molecule has 1 rings (SSSR count). The van der Waals surface area contributed by atoms with Gasteiger partial charge in [-0.1, -0.05) is 48.5 Å². The van der Waals surface area contributed by atoms with E-state index >= 15 is 0 Å². The molecule has 0 radical (unpaired) electrons. The molecule has 0 spiro atoms. The first kappa shape index (κ1) is 15.0. The summed E-state index contributed by atoms with van der Waals surface area (Å²) in [5.74, 6) is 0.626. The van der Waals surface area contributed by atoms with Gasteiger partial charge in [0.25, 0.3) is 0 Å². The highest BCUT2D eigenvalue weighted by molar-refractivity contribution is 4.86. The third-order valence-electron chi connectivity index (χ3n) is 4.21. The quantitative estimate of drug-likeness (QED) is 0.737. The SMILES string of the molecule is CC(C)C(C)(C)C1CC(CC(C)(C)C)OCO1. The van der Waals surface area contributed by atoms with Crippen LogP contribution in [0.5, 0.6) is 0 Å². The van der Waals surface area contributed by atoms with Crippen molar-refractivity contribution in [1.82, 2.24) is 0 Å². The van der Waals surface area contributed by atoms with Gasteiger partial charge in [0.05, 0.1) is 12.2 Å². The number of ether oxygens (including phenoxy) is 2. The van der Waals surface area contributed by atoms with Crippen molar-refractivity contribution in [2.45, 2.75) is 73.5 Å². The van der Waals surface area contributed by atoms with Gasteiger partial charge >= 0.3 is 0 Å². The Labute approximate surface area is 107 Å². The molecule has 2 atom stereocenters. The summed E-state index contributed by atoms with van der Waals surface area (Å²) >= 11 is 0. The van der Waals surface area contributed by atoms with E-state index in [1.165, 1.54) is 0 Å². The van der Waals surface area contributed by atoms with Crippen molar-refractivity contribution in [2.75, 3.05) is 6.79 Å². The Bertz CT molecular complexity index is 238. The van der Waals surface area contributed by atoms with Crippen LogP contribution >= 0.6 is 0 Å². The second-order valence-electron chi connectivity index (χ2n) is 7.54. The van der Waals surface area contributed by atoms with Crippen molar-refractivity contribution < 1.29 is 9.47 Å². The predicted molar refractivity (Wildman–Crippen MR) is 71.9 cm³/mol. The van der Waals surface area contributed by atoms with E-state index in [9.17, 15) is 0 Å². The Morgan fingerprint density at radius 2 is 1.65 bits per heavy atom. The van der Waals surface area contributed by atoms with Crippen LogP contribution in [0.25, 0.3) is 0 Å². The fraction of sp³-hybridized carbons (Fsp3) is 1.00. The molecule has 0 aliphatic carbocycles. The number of hydrogen-bond donors (Lipinski definition) is 0. The lowest BCUT2D eigenvalue weighted by Gasteiger charge is -2.43. The van der Waals surface area contributed by atoms with Crippen LogP contribution in [0.15, 0.2) is 0 Å². The van der Waals surface area contributed by atoms with Crippen LogP contribution in [-0.4, -0.2) is 19.0 Å². The Kier molecular flexibility index (Phi) is 4.65. The molecule has 1 fully saturated rings. The van der Waals surface area contributed by atoms with Gasteiger partial charge in [-0.25, -0.2) is 0 Å². The smallest absolute Gasteiger partial charge is 0.147 e. The maximum absolute atomic E-state index is 5.83. The molecule has 2 nitrogen and oxygen atoms in total. The van der Waals surface area contributed by atoms with E-state index in [2.05, 4.69) is 48.5 Å². The van der Waals surface area contributed by atoms with Gasteiger partial charge < -0.3 is 9.47 Å². The largest absolute Gasteiger partial charge is 0.352 e. The summed E-state index contributed by atoms with van der Waals surface area (Å²) in [6.45, 7) is 16.4. The fourth-order valence-corrected chi connectivity index (χ4v) is 2.31. The van der Waals surface area contributed by atoms with Crippen LogP contribution in [0.3, 0.4) is 0 Å². The number of rotatable bonds is 3. The molecule has 2 heteroatoms. The third kappa shape index (κ3) is 4.26. The average Bonchev–Trinajstić information content (AvgIpc) is 2.15. The second-order valence-corrected chi connectivity index (χ2v) is 7.54. The first-order chi connectivity index (χ1) is 7.63. The van der Waals surface area contributed by atoms with E-state index in [4.69, 9.17) is 9.47 Å². The maximum Gasteiger partial charge on any atom is 0.147 e. The Balaban J connectivity index is 2.61. The van der Waals surface area contributed by atoms with Gasteiger partial charge in [-0.3, -0.25) is 0 Å². The first-order valence-corrected chi connectivity index (χ1v) is 6.86. The maximum atomic E-state index is 5.83. The van der Waals surface area contributed by atoms with Crippen molar-refractivity contribution in [3.8, 4) is 0 Å². The summed E-state index contributed by atoms with van der Waals surface area (Å²) in [7, 11) is 0. The lowest BCUT2D eigenvalue weighted by atomic mass is 9.73. The molecule has 0 aromatic carbocycles. The minimum Gasteiger partial charge on any atom is -0.352 e. The van der Waals surface area contributed by atoms with E-state index < -0.39 is 0 Å². The number of hydrogen-bond acceptors (Lipinski definition) is 2. The lowest BCUT2D eigenvalue weighted by molar-refractivity contribution is -0.213. The highest BCUT2D eigenvalue weighted by Crippen LogP contribution is 2.38. The van der Waals surface area contributed by atoms with Crippen LogP contribution in [0.1, 0.15) is 61.3 Å². The normalized spacial score (nSPS) is 27.5. The molecule has 1 aliphatic heterocycles. The summed E-state index contributed by atoms with van der Waals surface area (Å²) in [4.78, 5) is 0. The Morgan fingerprint density at radius 3 is 2.12 bits per heavy atom. The molecule has 0 amide bonds. The molecule has 0 aromatic rings. The van der Waals surface area contributed by atoms with Crippen molar-refractivity contribution in [2.24, 2.45) is 16.7 Å². The molecule has 1 heterocycles. The predicted octanol–water partition coefficient (Wildman–Crippen LogP) is 4.24. The van der Waals surface area contributed by atoms with Gasteiger partial charge in [0, 0.05) is 6.42 Å². The molecule has 0 N–H and O–H groups in total. The van der Waals surface area contributed by atoms with Crippen molar-refractivity contribution in [1.29, 1.82) is 0 Å². The van der Waals surface area contributed by atoms with Crippen LogP contribution in [0.4, 0.5) is 0 Å². The van der Waals surface area contributed by atoms with Gasteiger partial charge in [0.2, 0.25) is 0 Å². The van der Waals surface area contributed by atoms with Crippen LogP contribution < -0.4 is 0 Å². The molecule has 17 heavy (non-hydrogen) atoms. The molecule has 0 aromatic heterocycles.